The summed E-state index contributed by atoms with van der Waals surface area (Å²) in [6.45, 7) is 0. The lowest BCUT2D eigenvalue weighted by Gasteiger charge is -1.90. The maximum Gasteiger partial charge on any atom is 0.273 e. The Morgan fingerprint density at radius 2 is 1.77 bits per heavy atom. The van der Waals surface area contributed by atoms with Crippen LogP contribution in [-0.2, 0) is 10.1 Å². The highest BCUT2D eigenvalue weighted by atomic mass is 32.2. The Labute approximate surface area is 77.5 Å². The lowest BCUT2D eigenvalue weighted by Crippen LogP contribution is -1.93. The van der Waals surface area contributed by atoms with Crippen molar-refractivity contribution >= 4 is 16.2 Å². The van der Waals surface area contributed by atoms with Crippen LogP contribution in [0.5, 0.6) is 0 Å². The van der Waals surface area contributed by atoms with E-state index >= 15 is 0 Å². The number of benzene rings is 1. The normalized spacial score (nSPS) is 12.1. The molecular formula is C9H9O3S. The topological polar surface area (TPSA) is 54.4 Å². The number of hydrogen-bond acceptors (Lipinski definition) is 2. The van der Waals surface area contributed by atoms with Crippen molar-refractivity contribution in [1.29, 1.82) is 0 Å². The summed E-state index contributed by atoms with van der Waals surface area (Å²) in [5, 5.41) is 0. The molecule has 1 rings (SSSR count). The van der Waals surface area contributed by atoms with Gasteiger partial charge in [-0.05, 0) is 5.56 Å². The highest BCUT2D eigenvalue weighted by Gasteiger charge is 1.99. The van der Waals surface area contributed by atoms with E-state index in [1.165, 1.54) is 6.08 Å². The number of hydrogen-bond donors (Lipinski definition) is 1. The molecule has 0 saturated carbocycles. The summed E-state index contributed by atoms with van der Waals surface area (Å²) in [7, 11) is -4.01. The van der Waals surface area contributed by atoms with E-state index in [0.717, 1.165) is 11.3 Å². The summed E-state index contributed by atoms with van der Waals surface area (Å²) in [5.41, 5.74) is 0.877. The van der Waals surface area contributed by atoms with Crippen molar-refractivity contribution in [1.82, 2.24) is 0 Å². The molecule has 1 N–H and O–H groups in total. The first-order valence-electron chi connectivity index (χ1n) is 3.62. The Morgan fingerprint density at radius 1 is 1.15 bits per heavy atom. The van der Waals surface area contributed by atoms with Gasteiger partial charge < -0.3 is 0 Å². The molecular weight excluding hydrogens is 188 g/mol. The minimum Gasteiger partial charge on any atom is -0.285 e. The summed E-state index contributed by atoms with van der Waals surface area (Å²) in [6.07, 6.45) is 2.87. The molecule has 0 aliphatic carbocycles. The Bertz CT molecular complexity index is 379. The molecule has 69 valence electrons. The molecule has 0 fully saturated rings. The lowest BCUT2D eigenvalue weighted by atomic mass is 10.2. The first-order valence-corrected chi connectivity index (χ1v) is 5.12. The SMILES string of the molecule is O=S(=O)(O)[CH]/C=C/c1ccccc1. The van der Waals surface area contributed by atoms with E-state index < -0.39 is 10.1 Å². The molecule has 1 aromatic carbocycles. The molecule has 1 aromatic rings. The smallest absolute Gasteiger partial charge is 0.273 e. The van der Waals surface area contributed by atoms with Crippen molar-refractivity contribution < 1.29 is 13.0 Å². The summed E-state index contributed by atoms with van der Waals surface area (Å²) in [5.74, 6) is 0.736. The number of rotatable bonds is 3. The molecule has 0 atom stereocenters. The van der Waals surface area contributed by atoms with Gasteiger partial charge in [0.05, 0.1) is 0 Å². The van der Waals surface area contributed by atoms with Crippen molar-refractivity contribution in [3.8, 4) is 0 Å². The first-order chi connectivity index (χ1) is 6.08. The molecule has 0 amide bonds. The van der Waals surface area contributed by atoms with Gasteiger partial charge >= 0.3 is 0 Å². The van der Waals surface area contributed by atoms with Crippen LogP contribution >= 0.6 is 0 Å². The zero-order valence-electron chi connectivity index (χ0n) is 6.79. The minimum atomic E-state index is -4.01. The highest BCUT2D eigenvalue weighted by molar-refractivity contribution is 7.88. The minimum absolute atomic E-state index is 0.736. The van der Waals surface area contributed by atoms with E-state index in [4.69, 9.17) is 4.55 Å². The maximum atomic E-state index is 10.3. The van der Waals surface area contributed by atoms with Crippen LogP contribution in [0.3, 0.4) is 0 Å². The summed E-state index contributed by atoms with van der Waals surface area (Å²) in [4.78, 5) is 0. The third-order valence-corrected chi connectivity index (χ3v) is 1.84. The van der Waals surface area contributed by atoms with E-state index in [0.29, 0.717) is 0 Å². The molecule has 0 bridgehead atoms. The standard InChI is InChI=1S/C9H9O3S/c10-13(11,12)8-4-7-9-5-2-1-3-6-9/h1-8H,(H,10,11,12)/b7-4+. The van der Waals surface area contributed by atoms with Crippen LogP contribution in [0.4, 0.5) is 0 Å². The van der Waals surface area contributed by atoms with Crippen LogP contribution < -0.4 is 0 Å². The molecule has 0 aromatic heterocycles. The van der Waals surface area contributed by atoms with Crippen molar-refractivity contribution in [3.05, 3.63) is 47.7 Å². The monoisotopic (exact) mass is 197 g/mol. The predicted molar refractivity (Wildman–Crippen MR) is 51.3 cm³/mol. The van der Waals surface area contributed by atoms with Crippen molar-refractivity contribution in [3.63, 3.8) is 0 Å². The Balaban J connectivity index is 2.61. The molecule has 0 unspecified atom stereocenters. The van der Waals surface area contributed by atoms with Crippen LogP contribution in [0.2, 0.25) is 0 Å². The fourth-order valence-electron chi connectivity index (χ4n) is 0.814. The van der Waals surface area contributed by atoms with Gasteiger partial charge in [-0.15, -0.1) is 0 Å². The fourth-order valence-corrected chi connectivity index (χ4v) is 1.09. The van der Waals surface area contributed by atoms with Gasteiger partial charge in [-0.1, -0.05) is 42.5 Å². The third-order valence-electron chi connectivity index (χ3n) is 1.34. The Hall–Kier alpha value is -1.13. The molecule has 0 saturated heterocycles. The van der Waals surface area contributed by atoms with Crippen LogP contribution in [0, 0.1) is 5.75 Å². The average Bonchev–Trinajstić information content (AvgIpc) is 2.04. The fraction of sp³-hybridized carbons (Fsp3) is 0. The van der Waals surface area contributed by atoms with Gasteiger partial charge in [0, 0.05) is 0 Å². The van der Waals surface area contributed by atoms with Gasteiger partial charge in [0.1, 0.15) is 5.75 Å². The summed E-state index contributed by atoms with van der Waals surface area (Å²) >= 11 is 0. The van der Waals surface area contributed by atoms with Crippen LogP contribution in [-0.4, -0.2) is 13.0 Å². The molecule has 0 heterocycles. The van der Waals surface area contributed by atoms with E-state index in [2.05, 4.69) is 0 Å². The molecule has 0 spiro atoms. The predicted octanol–water partition coefficient (Wildman–Crippen LogP) is 1.75. The van der Waals surface area contributed by atoms with Gasteiger partial charge in [0.15, 0.2) is 0 Å². The van der Waals surface area contributed by atoms with Crippen molar-refractivity contribution in [2.45, 2.75) is 0 Å². The quantitative estimate of drug-likeness (QED) is 0.751. The van der Waals surface area contributed by atoms with E-state index in [1.54, 1.807) is 6.08 Å². The second-order valence-electron chi connectivity index (χ2n) is 2.42. The molecule has 4 heteroatoms. The average molecular weight is 197 g/mol. The Morgan fingerprint density at radius 3 is 2.31 bits per heavy atom. The van der Waals surface area contributed by atoms with Crippen molar-refractivity contribution in [2.75, 3.05) is 0 Å². The zero-order valence-corrected chi connectivity index (χ0v) is 7.61. The maximum absolute atomic E-state index is 10.3. The zero-order chi connectivity index (χ0) is 9.73. The summed E-state index contributed by atoms with van der Waals surface area (Å²) in [6, 6.07) is 9.20. The van der Waals surface area contributed by atoms with E-state index in [9.17, 15) is 8.42 Å². The van der Waals surface area contributed by atoms with Gasteiger partial charge in [-0.25, -0.2) is 0 Å². The molecule has 13 heavy (non-hydrogen) atoms. The second-order valence-corrected chi connectivity index (χ2v) is 3.72. The van der Waals surface area contributed by atoms with Gasteiger partial charge in [-0.2, -0.15) is 8.42 Å². The van der Waals surface area contributed by atoms with Crippen LogP contribution in [0.1, 0.15) is 5.56 Å². The first kappa shape index (κ1) is 9.95. The van der Waals surface area contributed by atoms with Gasteiger partial charge in [0.2, 0.25) is 0 Å². The lowest BCUT2D eigenvalue weighted by molar-refractivity contribution is 0.491. The molecule has 0 aliphatic heterocycles. The molecule has 3 nitrogen and oxygen atoms in total. The Kier molecular flexibility index (Phi) is 3.22. The second kappa shape index (κ2) is 4.20. The highest BCUT2D eigenvalue weighted by Crippen LogP contribution is 2.02. The molecule has 1 radical (unpaired) electrons. The van der Waals surface area contributed by atoms with Crippen molar-refractivity contribution in [2.24, 2.45) is 0 Å². The van der Waals surface area contributed by atoms with Gasteiger partial charge in [0.25, 0.3) is 10.1 Å². The largest absolute Gasteiger partial charge is 0.285 e. The van der Waals surface area contributed by atoms with Gasteiger partial charge in [-0.3, -0.25) is 4.55 Å². The summed E-state index contributed by atoms with van der Waals surface area (Å²) < 4.78 is 28.9. The van der Waals surface area contributed by atoms with Crippen LogP contribution in [0.25, 0.3) is 6.08 Å². The third kappa shape index (κ3) is 4.45. The van der Waals surface area contributed by atoms with Crippen LogP contribution in [0.15, 0.2) is 36.4 Å². The van der Waals surface area contributed by atoms with E-state index in [-0.39, 0.29) is 0 Å². The van der Waals surface area contributed by atoms with E-state index in [1.807, 2.05) is 30.3 Å². The molecule has 0 aliphatic rings.